The Labute approximate surface area is 197 Å². The second-order valence-electron chi connectivity index (χ2n) is 7.37. The number of carbonyl (C=O) groups excluding carboxylic acids is 2. The van der Waals surface area contributed by atoms with Crippen molar-refractivity contribution in [3.63, 3.8) is 0 Å². The molecule has 0 radical (unpaired) electrons. The molecule has 0 bridgehead atoms. The molecule has 13 heteroatoms. The number of hydrogen-bond donors (Lipinski definition) is 4. The van der Waals surface area contributed by atoms with Gasteiger partial charge < -0.3 is 20.7 Å². The first-order valence-corrected chi connectivity index (χ1v) is 10.4. The maximum atomic E-state index is 14.6. The van der Waals surface area contributed by atoms with Crippen molar-refractivity contribution >= 4 is 23.6 Å². The van der Waals surface area contributed by atoms with Crippen molar-refractivity contribution in [3.8, 4) is 11.1 Å². The van der Waals surface area contributed by atoms with Gasteiger partial charge in [0.25, 0.3) is 5.91 Å². The summed E-state index contributed by atoms with van der Waals surface area (Å²) in [6.45, 7) is 2.08. The number of amides is 2. The number of benzene rings is 1. The molecule has 9 nitrogen and oxygen atoms in total. The lowest BCUT2D eigenvalue weighted by Gasteiger charge is -2.14. The van der Waals surface area contributed by atoms with Gasteiger partial charge in [0.15, 0.2) is 5.82 Å². The van der Waals surface area contributed by atoms with Gasteiger partial charge in [-0.1, -0.05) is 0 Å². The normalized spacial score (nSPS) is 11.1. The minimum absolute atomic E-state index is 0.102. The minimum Gasteiger partial charge on any atom is -0.453 e. The zero-order chi connectivity index (χ0) is 25.6. The summed E-state index contributed by atoms with van der Waals surface area (Å²) in [5.74, 6) is -1.12. The summed E-state index contributed by atoms with van der Waals surface area (Å²) in [5.41, 5.74) is -1.15. The molecule has 35 heavy (non-hydrogen) atoms. The van der Waals surface area contributed by atoms with Crippen molar-refractivity contribution in [1.82, 2.24) is 25.8 Å². The third-order valence-electron chi connectivity index (χ3n) is 4.75. The van der Waals surface area contributed by atoms with E-state index in [9.17, 15) is 27.2 Å². The molecule has 186 valence electrons. The number of methoxy groups -OCH3 is 1. The predicted octanol–water partition coefficient (Wildman–Crippen LogP) is 4.16. The van der Waals surface area contributed by atoms with Crippen LogP contribution < -0.4 is 16.0 Å². The van der Waals surface area contributed by atoms with Gasteiger partial charge in [-0.05, 0) is 43.7 Å². The second-order valence-corrected chi connectivity index (χ2v) is 7.37. The molecule has 0 saturated carbocycles. The lowest BCUT2D eigenvalue weighted by atomic mass is 10.00. The van der Waals surface area contributed by atoms with Crippen molar-refractivity contribution in [2.45, 2.75) is 19.5 Å². The largest absolute Gasteiger partial charge is 0.453 e. The number of nitrogens with zero attached hydrogens (tertiary/aromatic N) is 2. The van der Waals surface area contributed by atoms with E-state index in [0.717, 1.165) is 5.69 Å². The molecule has 2 amide bonds. The number of alkyl halides is 3. The molecule has 3 aromatic rings. The summed E-state index contributed by atoms with van der Waals surface area (Å²) < 4.78 is 58.7. The number of nitrogens with one attached hydrogen (secondary N) is 4. The fourth-order valence-corrected chi connectivity index (χ4v) is 3.08. The number of anilines is 2. The number of pyridine rings is 1. The highest BCUT2D eigenvalue weighted by atomic mass is 19.4. The standard InChI is InChI=1S/C22H22F4N6O3/c1-12-10-18(32-31-12)29-17-7-5-14(15-11-13(22(24,25)26)4-6-16(15)23)19(30-17)20(33)27-8-3-9-28-21(34)35-2/h4-7,10-11H,3,8-9H2,1-2H3,(H,27,33)(H,28,34)(H2,29,30,31,32). The minimum atomic E-state index is -4.70. The maximum absolute atomic E-state index is 14.6. The van der Waals surface area contributed by atoms with E-state index in [-0.39, 0.29) is 30.2 Å². The molecule has 0 saturated heterocycles. The quantitative estimate of drug-likeness (QED) is 0.276. The van der Waals surface area contributed by atoms with Crippen molar-refractivity contribution in [3.05, 3.63) is 59.2 Å². The summed E-state index contributed by atoms with van der Waals surface area (Å²) in [5, 5.41) is 14.6. The fraction of sp³-hybridized carbons (Fsp3) is 0.273. The van der Waals surface area contributed by atoms with Gasteiger partial charge in [0.1, 0.15) is 17.3 Å². The molecule has 4 N–H and O–H groups in total. The van der Waals surface area contributed by atoms with Crippen LogP contribution in [0.2, 0.25) is 0 Å². The summed E-state index contributed by atoms with van der Waals surface area (Å²) in [7, 11) is 1.21. The SMILES string of the molecule is COC(=O)NCCCNC(=O)c1nc(Nc2cc(C)[nH]n2)ccc1-c1cc(C(F)(F)F)ccc1F. The van der Waals surface area contributed by atoms with Gasteiger partial charge in [-0.3, -0.25) is 9.89 Å². The molecular weight excluding hydrogens is 472 g/mol. The van der Waals surface area contributed by atoms with Gasteiger partial charge >= 0.3 is 12.3 Å². The fourth-order valence-electron chi connectivity index (χ4n) is 3.08. The van der Waals surface area contributed by atoms with Crippen LogP contribution in [-0.4, -0.2) is 47.4 Å². The highest BCUT2D eigenvalue weighted by Gasteiger charge is 2.32. The van der Waals surface area contributed by atoms with Crippen molar-refractivity contribution in [1.29, 1.82) is 0 Å². The number of rotatable bonds is 8. The van der Waals surface area contributed by atoms with Crippen LogP contribution in [0, 0.1) is 12.7 Å². The molecule has 0 aliphatic carbocycles. The third-order valence-corrected chi connectivity index (χ3v) is 4.75. The van der Waals surface area contributed by atoms with Crippen LogP contribution in [0.4, 0.5) is 34.0 Å². The van der Waals surface area contributed by atoms with E-state index in [1.54, 1.807) is 13.0 Å². The Hall–Kier alpha value is -4.16. The summed E-state index contributed by atoms with van der Waals surface area (Å²) in [6.07, 6.45) is -5.00. The summed E-state index contributed by atoms with van der Waals surface area (Å²) >= 11 is 0. The van der Waals surface area contributed by atoms with Crippen molar-refractivity contribution < 1.29 is 31.9 Å². The summed E-state index contributed by atoms with van der Waals surface area (Å²) in [4.78, 5) is 28.2. The first kappa shape index (κ1) is 25.5. The van der Waals surface area contributed by atoms with E-state index in [0.29, 0.717) is 30.4 Å². The topological polar surface area (TPSA) is 121 Å². The number of hydrogen-bond acceptors (Lipinski definition) is 6. The molecule has 2 heterocycles. The zero-order valence-electron chi connectivity index (χ0n) is 18.7. The molecule has 0 aliphatic heterocycles. The smallest absolute Gasteiger partial charge is 0.416 e. The van der Waals surface area contributed by atoms with Gasteiger partial charge in [-0.15, -0.1) is 0 Å². The van der Waals surface area contributed by atoms with Gasteiger partial charge in [0.2, 0.25) is 0 Å². The van der Waals surface area contributed by atoms with Crippen molar-refractivity contribution in [2.75, 3.05) is 25.5 Å². The number of halogens is 4. The van der Waals surface area contributed by atoms with Crippen molar-refractivity contribution in [2.24, 2.45) is 0 Å². The monoisotopic (exact) mass is 494 g/mol. The van der Waals surface area contributed by atoms with Gasteiger partial charge in [0.05, 0.1) is 12.7 Å². The van der Waals surface area contributed by atoms with Crippen LogP contribution in [-0.2, 0) is 10.9 Å². The van der Waals surface area contributed by atoms with E-state index in [1.807, 2.05) is 0 Å². The molecule has 0 atom stereocenters. The lowest BCUT2D eigenvalue weighted by Crippen LogP contribution is -2.30. The predicted molar refractivity (Wildman–Crippen MR) is 119 cm³/mol. The molecule has 0 spiro atoms. The zero-order valence-corrected chi connectivity index (χ0v) is 18.7. The Morgan fingerprint density at radius 2 is 1.77 bits per heavy atom. The van der Waals surface area contributed by atoms with Crippen LogP contribution in [0.25, 0.3) is 11.1 Å². The highest BCUT2D eigenvalue weighted by Crippen LogP contribution is 2.35. The Morgan fingerprint density at radius 1 is 1.03 bits per heavy atom. The molecule has 3 rings (SSSR count). The lowest BCUT2D eigenvalue weighted by molar-refractivity contribution is -0.137. The number of aryl methyl sites for hydroxylation is 1. The second kappa shape index (κ2) is 10.8. The summed E-state index contributed by atoms with van der Waals surface area (Å²) in [6, 6.07) is 6.33. The van der Waals surface area contributed by atoms with Crippen LogP contribution >= 0.6 is 0 Å². The van der Waals surface area contributed by atoms with Crippen LogP contribution in [0.1, 0.15) is 28.2 Å². The molecule has 0 fully saturated rings. The van der Waals surface area contributed by atoms with Crippen LogP contribution in [0.15, 0.2) is 36.4 Å². The Kier molecular flexibility index (Phi) is 7.89. The Bertz CT molecular complexity index is 1210. The molecular formula is C22H22F4N6O3. The molecule has 0 unspecified atom stereocenters. The molecule has 2 aromatic heterocycles. The number of alkyl carbamates (subject to hydrolysis) is 1. The highest BCUT2D eigenvalue weighted by molar-refractivity contribution is 5.99. The average Bonchev–Trinajstić information content (AvgIpc) is 3.22. The van der Waals surface area contributed by atoms with E-state index in [2.05, 4.69) is 35.9 Å². The Morgan fingerprint density at radius 3 is 2.43 bits per heavy atom. The van der Waals surface area contributed by atoms with E-state index in [4.69, 9.17) is 0 Å². The Balaban J connectivity index is 1.91. The van der Waals surface area contributed by atoms with Gasteiger partial charge in [-0.25, -0.2) is 14.2 Å². The van der Waals surface area contributed by atoms with Gasteiger partial charge in [0, 0.05) is 36.0 Å². The number of carbonyl (C=O) groups is 2. The van der Waals surface area contributed by atoms with Crippen LogP contribution in [0.5, 0.6) is 0 Å². The average molecular weight is 494 g/mol. The number of ether oxygens (including phenoxy) is 1. The molecule has 1 aromatic carbocycles. The van der Waals surface area contributed by atoms with E-state index >= 15 is 0 Å². The first-order chi connectivity index (χ1) is 16.6. The molecule has 0 aliphatic rings. The first-order valence-electron chi connectivity index (χ1n) is 10.4. The number of aromatic nitrogens is 3. The number of H-pyrrole nitrogens is 1. The van der Waals surface area contributed by atoms with Crippen LogP contribution in [0.3, 0.4) is 0 Å². The van der Waals surface area contributed by atoms with Gasteiger partial charge in [-0.2, -0.15) is 18.3 Å². The van der Waals surface area contributed by atoms with E-state index < -0.39 is 35.1 Å². The van der Waals surface area contributed by atoms with E-state index in [1.165, 1.54) is 19.2 Å². The number of aromatic amines is 1. The third kappa shape index (κ3) is 6.68. The maximum Gasteiger partial charge on any atom is 0.416 e.